The van der Waals surface area contributed by atoms with Crippen molar-refractivity contribution in [2.24, 2.45) is 5.92 Å². The minimum atomic E-state index is -1.79. The van der Waals surface area contributed by atoms with E-state index in [1.54, 1.807) is 13.0 Å². The highest BCUT2D eigenvalue weighted by Gasteiger charge is 2.24. The van der Waals surface area contributed by atoms with Crippen LogP contribution in [0.3, 0.4) is 0 Å². The van der Waals surface area contributed by atoms with Crippen LogP contribution in [0.15, 0.2) is 63.4 Å². The van der Waals surface area contributed by atoms with Gasteiger partial charge in [-0.25, -0.2) is 28.5 Å². The maximum absolute atomic E-state index is 14.4. The van der Waals surface area contributed by atoms with Crippen molar-refractivity contribution < 1.29 is 81.3 Å². The second kappa shape index (κ2) is 25.3. The number of nitrogens with one attached hydrogen (secondary N) is 4. The Balaban J connectivity index is 0.000000343. The van der Waals surface area contributed by atoms with Crippen molar-refractivity contribution in [3.8, 4) is 28.4 Å². The van der Waals surface area contributed by atoms with Crippen LogP contribution in [0.25, 0.3) is 22.6 Å². The van der Waals surface area contributed by atoms with Crippen molar-refractivity contribution >= 4 is 48.4 Å². The van der Waals surface area contributed by atoms with E-state index in [1.807, 2.05) is 6.92 Å². The molecular weight excluding hydrogens is 854 g/mol. The Morgan fingerprint density at radius 3 is 1.98 bits per heavy atom. The third kappa shape index (κ3) is 15.4. The number of carboxylic acid groups (broad SMARTS) is 2. The maximum atomic E-state index is 14.4. The van der Waals surface area contributed by atoms with Crippen LogP contribution in [0.5, 0.6) is 5.75 Å². The molecule has 0 aliphatic heterocycles. The van der Waals surface area contributed by atoms with Gasteiger partial charge >= 0.3 is 11.9 Å². The predicted molar refractivity (Wildman–Crippen MR) is 216 cm³/mol. The molecular formula is C41H46F2N6O15. The Bertz CT molecular complexity index is 2280. The van der Waals surface area contributed by atoms with E-state index in [2.05, 4.69) is 21.3 Å². The zero-order valence-electron chi connectivity index (χ0n) is 34.4. The molecule has 2 heterocycles. The first-order valence-electron chi connectivity index (χ1n) is 19.4. The Morgan fingerprint density at radius 1 is 0.766 bits per heavy atom. The summed E-state index contributed by atoms with van der Waals surface area (Å²) < 4.78 is 44.1. The molecule has 344 valence electrons. The molecule has 0 fully saturated rings. The number of carbonyl (C=O) groups is 8. The van der Waals surface area contributed by atoms with Crippen LogP contribution >= 0.6 is 0 Å². The van der Waals surface area contributed by atoms with Gasteiger partial charge in [0.15, 0.2) is 17.3 Å². The summed E-state index contributed by atoms with van der Waals surface area (Å²) in [7, 11) is 0. The number of furan rings is 2. The Hall–Kier alpha value is -7.66. The normalized spacial score (nSPS) is 10.9. The molecule has 0 saturated carbocycles. The number of ether oxygens (including phenoxy) is 1. The molecule has 6 amide bonds. The lowest BCUT2D eigenvalue weighted by Gasteiger charge is -2.19. The molecule has 4 rings (SSSR count). The molecule has 4 aromatic rings. The predicted octanol–water partition coefficient (Wildman–Crippen LogP) is 3.86. The number of hydroxylamine groups is 4. The number of hydrogen-bond donors (Lipinski definition) is 8. The number of hydrogen-bond acceptors (Lipinski definition) is 13. The molecule has 23 heteroatoms. The van der Waals surface area contributed by atoms with Crippen molar-refractivity contribution in [1.82, 2.24) is 31.4 Å². The van der Waals surface area contributed by atoms with Crippen LogP contribution in [-0.2, 0) is 19.2 Å². The molecule has 0 radical (unpaired) electrons. The van der Waals surface area contributed by atoms with Gasteiger partial charge in [-0.2, -0.15) is 0 Å². The van der Waals surface area contributed by atoms with Crippen LogP contribution in [0.1, 0.15) is 87.8 Å². The van der Waals surface area contributed by atoms with Crippen molar-refractivity contribution in [3.63, 3.8) is 0 Å². The van der Waals surface area contributed by atoms with E-state index in [0.29, 0.717) is 40.9 Å². The first kappa shape index (κ1) is 50.7. The average molecular weight is 901 g/mol. The SMILES string of the molecule is CCCCC[C@H](CN(O)C=O)C(=O)NCNC(=O)c1ccc(-c2ccc(F)c(C(=O)O)c2F)o1.CCOc1cc(C(=O)O)cc(-c2ccc(C(=O)NCNC(=O)CCN(O)C=O)o2)c1. The molecule has 0 aliphatic rings. The molecule has 0 saturated heterocycles. The summed E-state index contributed by atoms with van der Waals surface area (Å²) in [5.74, 6) is -8.38. The van der Waals surface area contributed by atoms with Crippen LogP contribution < -0.4 is 26.0 Å². The lowest BCUT2D eigenvalue weighted by Crippen LogP contribution is -2.42. The standard InChI is InChI=1S/C22H25F2N3O7.C19H21N3O8/c1-2-3-4-5-13(10-27(33)12-28)20(29)25-11-26-21(30)17-9-8-16(34-17)14-6-7-15(23)18(19(14)24)22(31)32;1-2-29-14-8-12(7-13(9-14)19(26)27)15-3-4-16(30-15)18(25)21-10-20-17(24)5-6-22(28)11-23/h6-9,12-13,33H,2-5,10-11H2,1H3,(H,25,29)(H,26,30)(H,31,32);3-4,7-9,11,28H,2,5-6,10H2,1H3,(H,20,24)(H,21,25)(H,26,27)/t13-;/m1./s1. The van der Waals surface area contributed by atoms with Crippen molar-refractivity contribution in [2.75, 3.05) is 33.0 Å². The molecule has 2 aromatic heterocycles. The topological polar surface area (TPSA) is 308 Å². The summed E-state index contributed by atoms with van der Waals surface area (Å²) in [5.41, 5.74) is -1.05. The molecule has 1 atom stereocenters. The molecule has 21 nitrogen and oxygen atoms in total. The highest BCUT2D eigenvalue weighted by atomic mass is 19.1. The smallest absolute Gasteiger partial charge is 0.341 e. The lowest BCUT2D eigenvalue weighted by molar-refractivity contribution is -0.154. The van der Waals surface area contributed by atoms with Gasteiger partial charge in [-0.15, -0.1) is 0 Å². The Kier molecular flexibility index (Phi) is 20.1. The third-order valence-electron chi connectivity index (χ3n) is 8.77. The highest BCUT2D eigenvalue weighted by Crippen LogP contribution is 2.30. The summed E-state index contributed by atoms with van der Waals surface area (Å²) in [6.45, 7) is 3.25. The average Bonchev–Trinajstić information content (AvgIpc) is 3.97. The zero-order chi connectivity index (χ0) is 47.3. The Morgan fingerprint density at radius 2 is 1.39 bits per heavy atom. The van der Waals surface area contributed by atoms with E-state index in [0.717, 1.165) is 25.0 Å². The van der Waals surface area contributed by atoms with Gasteiger partial charge in [0.1, 0.15) is 28.7 Å². The fourth-order valence-electron chi connectivity index (χ4n) is 5.60. The first-order chi connectivity index (χ1) is 30.5. The molecule has 64 heavy (non-hydrogen) atoms. The molecule has 0 spiro atoms. The van der Waals surface area contributed by atoms with Gasteiger partial charge in [0, 0.05) is 12.0 Å². The van der Waals surface area contributed by atoms with Crippen molar-refractivity contribution in [1.29, 1.82) is 0 Å². The van der Waals surface area contributed by atoms with Crippen LogP contribution in [0, 0.1) is 17.6 Å². The Labute approximate surface area is 362 Å². The largest absolute Gasteiger partial charge is 0.494 e. The van der Waals surface area contributed by atoms with E-state index in [-0.39, 0.29) is 79.8 Å². The van der Waals surface area contributed by atoms with Gasteiger partial charge in [-0.05, 0) is 67.9 Å². The van der Waals surface area contributed by atoms with E-state index in [1.165, 1.54) is 36.4 Å². The van der Waals surface area contributed by atoms with Gasteiger partial charge < -0.3 is 45.1 Å². The minimum Gasteiger partial charge on any atom is -0.494 e. The molecule has 8 N–H and O–H groups in total. The van der Waals surface area contributed by atoms with Crippen molar-refractivity contribution in [3.05, 3.63) is 88.9 Å². The second-order valence-corrected chi connectivity index (χ2v) is 13.3. The fourth-order valence-corrected chi connectivity index (χ4v) is 5.60. The van der Waals surface area contributed by atoms with Gasteiger partial charge in [0.2, 0.25) is 24.6 Å². The summed E-state index contributed by atoms with van der Waals surface area (Å²) in [4.78, 5) is 91.6. The number of unbranched alkanes of at least 4 members (excludes halogenated alkanes) is 2. The summed E-state index contributed by atoms with van der Waals surface area (Å²) >= 11 is 0. The second-order valence-electron chi connectivity index (χ2n) is 13.3. The highest BCUT2D eigenvalue weighted by molar-refractivity contribution is 5.94. The van der Waals surface area contributed by atoms with Crippen LogP contribution in [0.4, 0.5) is 8.78 Å². The summed E-state index contributed by atoms with van der Waals surface area (Å²) in [6, 6.07) is 11.5. The third-order valence-corrected chi connectivity index (χ3v) is 8.77. The van der Waals surface area contributed by atoms with E-state index >= 15 is 0 Å². The molecule has 2 aromatic carbocycles. The number of carbonyl (C=O) groups excluding carboxylic acids is 6. The number of aromatic carboxylic acids is 2. The first-order valence-corrected chi connectivity index (χ1v) is 19.4. The van der Waals surface area contributed by atoms with Gasteiger partial charge in [0.25, 0.3) is 11.8 Å². The molecule has 0 bridgehead atoms. The van der Waals surface area contributed by atoms with E-state index in [9.17, 15) is 57.5 Å². The van der Waals surface area contributed by atoms with Crippen molar-refractivity contribution in [2.45, 2.75) is 46.0 Å². The van der Waals surface area contributed by atoms with Gasteiger partial charge in [-0.3, -0.25) is 39.2 Å². The number of benzene rings is 2. The van der Waals surface area contributed by atoms with Crippen LogP contribution in [-0.4, -0.2) is 112 Å². The van der Waals surface area contributed by atoms with Crippen LogP contribution in [0.2, 0.25) is 0 Å². The molecule has 0 aliphatic carbocycles. The summed E-state index contributed by atoms with van der Waals surface area (Å²) in [5, 5.41) is 46.9. The maximum Gasteiger partial charge on any atom is 0.341 e. The molecule has 0 unspecified atom stereocenters. The monoisotopic (exact) mass is 900 g/mol. The minimum absolute atomic E-state index is 0.0112. The van der Waals surface area contributed by atoms with E-state index < -0.39 is 58.7 Å². The quantitative estimate of drug-likeness (QED) is 0.0163. The number of nitrogens with zero attached hydrogens (tertiary/aromatic N) is 2. The van der Waals surface area contributed by atoms with E-state index in [4.69, 9.17) is 23.9 Å². The number of amides is 6. The van der Waals surface area contributed by atoms with Gasteiger partial charge in [0.05, 0.1) is 50.1 Å². The van der Waals surface area contributed by atoms with Gasteiger partial charge in [-0.1, -0.05) is 26.2 Å². The fraction of sp³-hybridized carbons (Fsp3) is 0.317. The number of carboxylic acids is 2. The summed E-state index contributed by atoms with van der Waals surface area (Å²) in [6.07, 6.45) is 3.17. The number of rotatable bonds is 24. The zero-order valence-corrected chi connectivity index (χ0v) is 34.4. The lowest BCUT2D eigenvalue weighted by atomic mass is 10.0. The number of halogens is 2.